The number of carbonyl (C=O) groups excluding carboxylic acids is 1. The zero-order valence-electron chi connectivity index (χ0n) is 11.3. The molecule has 2 N–H and O–H groups in total. The molecular formula is C15H21NO3. The molecule has 0 unspecified atom stereocenters. The normalized spacial score (nSPS) is 23.7. The lowest BCUT2D eigenvalue weighted by Crippen LogP contribution is -2.37. The summed E-state index contributed by atoms with van der Waals surface area (Å²) in [5.41, 5.74) is 0. The molecule has 1 saturated carbocycles. The average Bonchev–Trinajstić information content (AvgIpc) is 2.83. The van der Waals surface area contributed by atoms with Crippen LogP contribution in [-0.2, 0) is 4.79 Å². The predicted octanol–water partition coefficient (Wildman–Crippen LogP) is 2.27. The van der Waals surface area contributed by atoms with Crippen molar-refractivity contribution in [2.24, 2.45) is 5.92 Å². The maximum atomic E-state index is 11.8. The van der Waals surface area contributed by atoms with Crippen molar-refractivity contribution in [3.05, 3.63) is 29.7 Å². The minimum Gasteiger partial charge on any atom is -0.462 e. The Bertz CT molecular complexity index is 442. The van der Waals surface area contributed by atoms with Crippen LogP contribution in [0.2, 0.25) is 0 Å². The van der Waals surface area contributed by atoms with Crippen LogP contribution in [0.15, 0.2) is 22.6 Å². The van der Waals surface area contributed by atoms with Crippen molar-refractivity contribution >= 4 is 12.0 Å². The third-order valence-electron chi connectivity index (χ3n) is 3.61. The van der Waals surface area contributed by atoms with Gasteiger partial charge in [-0.3, -0.25) is 4.79 Å². The summed E-state index contributed by atoms with van der Waals surface area (Å²) in [5, 5.41) is 12.1. The second-order valence-electron chi connectivity index (χ2n) is 5.19. The zero-order valence-corrected chi connectivity index (χ0v) is 11.3. The summed E-state index contributed by atoms with van der Waals surface area (Å²) in [4.78, 5) is 11.8. The van der Waals surface area contributed by atoms with E-state index < -0.39 is 0 Å². The van der Waals surface area contributed by atoms with Crippen molar-refractivity contribution in [1.82, 2.24) is 5.32 Å². The van der Waals surface area contributed by atoms with E-state index in [9.17, 15) is 4.79 Å². The van der Waals surface area contributed by atoms with Gasteiger partial charge in [0, 0.05) is 18.7 Å². The monoisotopic (exact) mass is 263 g/mol. The third-order valence-corrected chi connectivity index (χ3v) is 3.61. The van der Waals surface area contributed by atoms with E-state index >= 15 is 0 Å². The summed E-state index contributed by atoms with van der Waals surface area (Å²) < 4.78 is 5.36. The van der Waals surface area contributed by atoms with Crippen LogP contribution in [0.3, 0.4) is 0 Å². The molecule has 104 valence electrons. The second kappa shape index (κ2) is 6.57. The summed E-state index contributed by atoms with van der Waals surface area (Å²) >= 11 is 0. The van der Waals surface area contributed by atoms with Crippen LogP contribution in [-0.4, -0.2) is 23.7 Å². The van der Waals surface area contributed by atoms with Crippen LogP contribution in [0.5, 0.6) is 0 Å². The van der Waals surface area contributed by atoms with Crippen LogP contribution < -0.4 is 5.32 Å². The Morgan fingerprint density at radius 2 is 2.16 bits per heavy atom. The molecule has 0 atom stereocenters. The van der Waals surface area contributed by atoms with Crippen LogP contribution in [0.4, 0.5) is 0 Å². The van der Waals surface area contributed by atoms with Crippen molar-refractivity contribution < 1.29 is 14.3 Å². The number of nitrogens with one attached hydrogen (secondary N) is 1. The largest absolute Gasteiger partial charge is 0.462 e. The van der Waals surface area contributed by atoms with E-state index in [1.54, 1.807) is 6.08 Å². The Labute approximate surface area is 113 Å². The Balaban J connectivity index is 1.77. The van der Waals surface area contributed by atoms with E-state index in [2.05, 4.69) is 5.32 Å². The number of furan rings is 1. The molecule has 0 radical (unpaired) electrons. The second-order valence-corrected chi connectivity index (χ2v) is 5.19. The first-order valence-corrected chi connectivity index (χ1v) is 6.83. The fourth-order valence-corrected chi connectivity index (χ4v) is 2.44. The number of aliphatic hydroxyl groups is 1. The molecule has 4 heteroatoms. The maximum absolute atomic E-state index is 11.8. The molecule has 1 aromatic rings. The highest BCUT2D eigenvalue weighted by atomic mass is 16.3. The SMILES string of the molecule is Cc1ccc(/C=C/C(=O)NC2CCC(CO)CC2)o1. The molecule has 1 heterocycles. The third kappa shape index (κ3) is 4.24. The van der Waals surface area contributed by atoms with E-state index in [1.807, 2.05) is 19.1 Å². The van der Waals surface area contributed by atoms with Gasteiger partial charge in [0.25, 0.3) is 0 Å². The summed E-state index contributed by atoms with van der Waals surface area (Å²) in [5.74, 6) is 1.86. The molecule has 0 saturated heterocycles. The van der Waals surface area contributed by atoms with E-state index in [4.69, 9.17) is 9.52 Å². The lowest BCUT2D eigenvalue weighted by Gasteiger charge is -2.27. The van der Waals surface area contributed by atoms with Crippen LogP contribution in [0.1, 0.15) is 37.2 Å². The van der Waals surface area contributed by atoms with Gasteiger partial charge in [-0.2, -0.15) is 0 Å². The van der Waals surface area contributed by atoms with Gasteiger partial charge in [-0.25, -0.2) is 0 Å². The molecule has 1 amide bonds. The molecule has 1 aromatic heterocycles. The summed E-state index contributed by atoms with van der Waals surface area (Å²) in [6, 6.07) is 3.94. The molecule has 1 fully saturated rings. The number of hydrogen-bond donors (Lipinski definition) is 2. The van der Waals surface area contributed by atoms with Crippen molar-refractivity contribution in [2.45, 2.75) is 38.6 Å². The molecule has 1 aliphatic carbocycles. The Hall–Kier alpha value is -1.55. The molecule has 0 aliphatic heterocycles. The van der Waals surface area contributed by atoms with E-state index in [-0.39, 0.29) is 18.6 Å². The molecule has 4 nitrogen and oxygen atoms in total. The van der Waals surface area contributed by atoms with Crippen LogP contribution in [0, 0.1) is 12.8 Å². The minimum absolute atomic E-state index is 0.0819. The van der Waals surface area contributed by atoms with Gasteiger partial charge in [-0.05, 0) is 56.7 Å². The summed E-state index contributed by atoms with van der Waals surface area (Å²) in [7, 11) is 0. The van der Waals surface area contributed by atoms with Crippen molar-refractivity contribution in [3.8, 4) is 0 Å². The number of amides is 1. The van der Waals surface area contributed by atoms with Gasteiger partial charge >= 0.3 is 0 Å². The number of aliphatic hydroxyl groups excluding tert-OH is 1. The first kappa shape index (κ1) is 13.9. The van der Waals surface area contributed by atoms with Crippen LogP contribution >= 0.6 is 0 Å². The molecule has 0 bridgehead atoms. The van der Waals surface area contributed by atoms with Gasteiger partial charge < -0.3 is 14.8 Å². The van der Waals surface area contributed by atoms with E-state index in [1.165, 1.54) is 6.08 Å². The Kier molecular flexibility index (Phi) is 4.80. The fraction of sp³-hybridized carbons (Fsp3) is 0.533. The highest BCUT2D eigenvalue weighted by molar-refractivity contribution is 5.91. The average molecular weight is 263 g/mol. The van der Waals surface area contributed by atoms with Crippen molar-refractivity contribution in [2.75, 3.05) is 6.61 Å². The van der Waals surface area contributed by atoms with Gasteiger partial charge in [0.2, 0.25) is 5.91 Å². The van der Waals surface area contributed by atoms with Crippen LogP contribution in [0.25, 0.3) is 6.08 Å². The Morgan fingerprint density at radius 1 is 1.42 bits per heavy atom. The summed E-state index contributed by atoms with van der Waals surface area (Å²) in [6.07, 6.45) is 7.07. The highest BCUT2D eigenvalue weighted by Gasteiger charge is 2.21. The highest BCUT2D eigenvalue weighted by Crippen LogP contribution is 2.23. The molecular weight excluding hydrogens is 242 g/mol. The smallest absolute Gasteiger partial charge is 0.244 e. The quantitative estimate of drug-likeness (QED) is 0.819. The van der Waals surface area contributed by atoms with E-state index in [0.717, 1.165) is 31.4 Å². The predicted molar refractivity (Wildman–Crippen MR) is 73.5 cm³/mol. The lowest BCUT2D eigenvalue weighted by atomic mass is 9.86. The first-order chi connectivity index (χ1) is 9.17. The number of carbonyl (C=O) groups is 1. The molecule has 2 rings (SSSR count). The van der Waals surface area contributed by atoms with Crippen molar-refractivity contribution in [1.29, 1.82) is 0 Å². The van der Waals surface area contributed by atoms with E-state index in [0.29, 0.717) is 11.7 Å². The van der Waals surface area contributed by atoms with Gasteiger partial charge in [0.15, 0.2) is 0 Å². The molecule has 1 aliphatic rings. The zero-order chi connectivity index (χ0) is 13.7. The van der Waals surface area contributed by atoms with Gasteiger partial charge in [0.05, 0.1) is 0 Å². The number of hydrogen-bond acceptors (Lipinski definition) is 3. The molecule has 0 aromatic carbocycles. The first-order valence-electron chi connectivity index (χ1n) is 6.83. The molecule has 0 spiro atoms. The standard InChI is InChI=1S/C15H21NO3/c1-11-2-7-14(19-11)8-9-15(18)16-13-5-3-12(10-17)4-6-13/h2,7-9,12-13,17H,3-6,10H2,1H3,(H,16,18)/b9-8+. The lowest BCUT2D eigenvalue weighted by molar-refractivity contribution is -0.117. The number of rotatable bonds is 4. The van der Waals surface area contributed by atoms with Gasteiger partial charge in [-0.1, -0.05) is 0 Å². The van der Waals surface area contributed by atoms with Gasteiger partial charge in [-0.15, -0.1) is 0 Å². The minimum atomic E-state index is -0.0819. The maximum Gasteiger partial charge on any atom is 0.244 e. The van der Waals surface area contributed by atoms with Gasteiger partial charge in [0.1, 0.15) is 11.5 Å². The Morgan fingerprint density at radius 3 is 2.74 bits per heavy atom. The van der Waals surface area contributed by atoms with Crippen molar-refractivity contribution in [3.63, 3.8) is 0 Å². The fourth-order valence-electron chi connectivity index (χ4n) is 2.44. The summed E-state index contributed by atoms with van der Waals surface area (Å²) in [6.45, 7) is 2.13. The topological polar surface area (TPSA) is 62.5 Å². The number of aryl methyl sites for hydroxylation is 1. The molecule has 19 heavy (non-hydrogen) atoms.